The molecule has 0 unspecified atom stereocenters. The second kappa shape index (κ2) is 6.79. The smallest absolute Gasteiger partial charge is 0.224 e. The van der Waals surface area contributed by atoms with E-state index in [-0.39, 0.29) is 5.54 Å². The van der Waals surface area contributed by atoms with Crippen LogP contribution < -0.4 is 10.2 Å². The fraction of sp³-hybridized carbons (Fsp3) is 0.273. The summed E-state index contributed by atoms with van der Waals surface area (Å²) in [6.07, 6.45) is 2.85. The van der Waals surface area contributed by atoms with E-state index in [1.165, 1.54) is 16.7 Å². The zero-order chi connectivity index (χ0) is 18.0. The Bertz CT molecular complexity index is 889. The van der Waals surface area contributed by atoms with Crippen LogP contribution in [0.4, 0.5) is 11.8 Å². The van der Waals surface area contributed by atoms with Gasteiger partial charge in [-0.1, -0.05) is 54.6 Å². The minimum absolute atomic E-state index is 0.0133. The summed E-state index contributed by atoms with van der Waals surface area (Å²) < 4.78 is 0. The van der Waals surface area contributed by atoms with Gasteiger partial charge in [-0.25, -0.2) is 4.98 Å². The molecule has 4 heteroatoms. The molecule has 1 aliphatic rings. The molecular weight excluding hydrogens is 320 g/mol. The fourth-order valence-electron chi connectivity index (χ4n) is 3.58. The monoisotopic (exact) mass is 344 g/mol. The van der Waals surface area contributed by atoms with Crippen molar-refractivity contribution in [2.75, 3.05) is 10.2 Å². The van der Waals surface area contributed by atoms with Crippen LogP contribution in [0.5, 0.6) is 0 Å². The Morgan fingerprint density at radius 3 is 2.50 bits per heavy atom. The maximum Gasteiger partial charge on any atom is 0.224 e. The van der Waals surface area contributed by atoms with Gasteiger partial charge in [-0.3, -0.25) is 0 Å². The van der Waals surface area contributed by atoms with Gasteiger partial charge in [0.05, 0.1) is 0 Å². The second-order valence-corrected chi connectivity index (χ2v) is 7.42. The molecule has 0 amide bonds. The fourth-order valence-corrected chi connectivity index (χ4v) is 3.58. The Balaban J connectivity index is 1.56. The molecule has 0 fully saturated rings. The van der Waals surface area contributed by atoms with Gasteiger partial charge >= 0.3 is 0 Å². The lowest BCUT2D eigenvalue weighted by Gasteiger charge is -2.44. The largest absolute Gasteiger partial charge is 0.350 e. The highest BCUT2D eigenvalue weighted by Crippen LogP contribution is 2.34. The van der Waals surface area contributed by atoms with Gasteiger partial charge in [-0.2, -0.15) is 4.98 Å². The van der Waals surface area contributed by atoms with Crippen LogP contribution in [0.1, 0.15) is 30.5 Å². The van der Waals surface area contributed by atoms with Crippen LogP contribution in [0.3, 0.4) is 0 Å². The zero-order valence-corrected chi connectivity index (χ0v) is 15.3. The first-order valence-electron chi connectivity index (χ1n) is 9.07. The Kier molecular flexibility index (Phi) is 4.33. The topological polar surface area (TPSA) is 41.1 Å². The summed E-state index contributed by atoms with van der Waals surface area (Å²) in [6.45, 7) is 6.15. The Morgan fingerprint density at radius 1 is 0.962 bits per heavy atom. The molecule has 2 aromatic carbocycles. The summed E-state index contributed by atoms with van der Waals surface area (Å²) in [5.41, 5.74) is 4.04. The summed E-state index contributed by atoms with van der Waals surface area (Å²) in [4.78, 5) is 11.6. The second-order valence-electron chi connectivity index (χ2n) is 7.42. The molecule has 1 N–H and O–H groups in total. The van der Waals surface area contributed by atoms with Gasteiger partial charge in [0.25, 0.3) is 0 Å². The Labute approximate surface area is 154 Å². The summed E-state index contributed by atoms with van der Waals surface area (Å²) in [5, 5.41) is 3.34. The predicted molar refractivity (Wildman–Crippen MR) is 106 cm³/mol. The highest BCUT2D eigenvalue weighted by atomic mass is 15.3. The number of aromatic nitrogens is 2. The summed E-state index contributed by atoms with van der Waals surface area (Å²) in [7, 11) is 0. The van der Waals surface area contributed by atoms with Crippen LogP contribution in [0, 0.1) is 0 Å². The van der Waals surface area contributed by atoms with E-state index in [0.29, 0.717) is 5.95 Å². The summed E-state index contributed by atoms with van der Waals surface area (Å²) >= 11 is 0. The predicted octanol–water partition coefficient (Wildman–Crippen LogP) is 4.43. The van der Waals surface area contributed by atoms with Gasteiger partial charge in [-0.05, 0) is 43.0 Å². The highest BCUT2D eigenvalue weighted by Gasteiger charge is 2.33. The molecule has 0 atom stereocenters. The molecule has 0 radical (unpaired) electrons. The van der Waals surface area contributed by atoms with E-state index >= 15 is 0 Å². The van der Waals surface area contributed by atoms with Crippen molar-refractivity contribution in [3.05, 3.63) is 83.6 Å². The van der Waals surface area contributed by atoms with Gasteiger partial charge in [0, 0.05) is 24.8 Å². The standard InChI is InChI=1S/C22H24N4/c1-22(2)14-18-10-6-7-11-19(18)16-26(22)20-12-13-23-21(25-20)24-15-17-8-4-3-5-9-17/h3-13H,14-16H2,1-2H3,(H,23,24,25). The molecule has 0 aliphatic carbocycles. The SMILES string of the molecule is CC1(C)Cc2ccccc2CN1c1ccnc(NCc2ccccc2)n1. The van der Waals surface area contributed by atoms with Crippen LogP contribution in [-0.2, 0) is 19.5 Å². The molecule has 2 heterocycles. The molecule has 132 valence electrons. The quantitative estimate of drug-likeness (QED) is 0.760. The maximum absolute atomic E-state index is 4.78. The third-order valence-corrected chi connectivity index (χ3v) is 5.01. The van der Waals surface area contributed by atoms with Gasteiger partial charge < -0.3 is 10.2 Å². The molecule has 0 bridgehead atoms. The third kappa shape index (κ3) is 3.40. The van der Waals surface area contributed by atoms with E-state index in [1.807, 2.05) is 30.5 Å². The van der Waals surface area contributed by atoms with Gasteiger partial charge in [0.2, 0.25) is 5.95 Å². The van der Waals surface area contributed by atoms with Gasteiger partial charge in [0.15, 0.2) is 0 Å². The van der Waals surface area contributed by atoms with Crippen LogP contribution in [0.15, 0.2) is 66.9 Å². The number of fused-ring (bicyclic) bond motifs is 1. The van der Waals surface area contributed by atoms with Gasteiger partial charge in [-0.15, -0.1) is 0 Å². The van der Waals surface area contributed by atoms with Crippen LogP contribution in [0.25, 0.3) is 0 Å². The molecule has 1 aliphatic heterocycles. The van der Waals surface area contributed by atoms with Crippen molar-refractivity contribution >= 4 is 11.8 Å². The van der Waals surface area contributed by atoms with Crippen molar-refractivity contribution in [3.63, 3.8) is 0 Å². The molecule has 1 aromatic heterocycles. The molecule has 0 saturated heterocycles. The average Bonchev–Trinajstić information content (AvgIpc) is 2.66. The molecular formula is C22H24N4. The highest BCUT2D eigenvalue weighted by molar-refractivity contribution is 5.50. The van der Waals surface area contributed by atoms with Crippen molar-refractivity contribution in [1.29, 1.82) is 0 Å². The van der Waals surface area contributed by atoms with E-state index in [4.69, 9.17) is 4.98 Å². The Hall–Kier alpha value is -2.88. The number of nitrogens with one attached hydrogen (secondary N) is 1. The molecule has 0 spiro atoms. The first-order valence-corrected chi connectivity index (χ1v) is 9.07. The van der Waals surface area contributed by atoms with Gasteiger partial charge in [0.1, 0.15) is 5.82 Å². The zero-order valence-electron chi connectivity index (χ0n) is 15.3. The number of benzene rings is 2. The third-order valence-electron chi connectivity index (χ3n) is 5.01. The number of rotatable bonds is 4. The van der Waals surface area contributed by atoms with Crippen molar-refractivity contribution in [3.8, 4) is 0 Å². The summed E-state index contributed by atoms with van der Waals surface area (Å²) in [6, 6.07) is 21.0. The van der Waals surface area contributed by atoms with E-state index in [0.717, 1.165) is 25.3 Å². The number of hydrogen-bond acceptors (Lipinski definition) is 4. The first kappa shape index (κ1) is 16.6. The molecule has 4 nitrogen and oxygen atoms in total. The lowest BCUT2D eigenvalue weighted by molar-refractivity contribution is 0.427. The lowest BCUT2D eigenvalue weighted by Crippen LogP contribution is -2.49. The molecule has 26 heavy (non-hydrogen) atoms. The van der Waals surface area contributed by atoms with Crippen LogP contribution >= 0.6 is 0 Å². The van der Waals surface area contributed by atoms with E-state index in [1.54, 1.807) is 0 Å². The van der Waals surface area contributed by atoms with Crippen molar-refractivity contribution in [2.24, 2.45) is 0 Å². The summed E-state index contributed by atoms with van der Waals surface area (Å²) in [5.74, 6) is 1.64. The normalized spacial score (nSPS) is 15.4. The number of nitrogens with zero attached hydrogens (tertiary/aromatic N) is 3. The van der Waals surface area contributed by atoms with Crippen molar-refractivity contribution in [1.82, 2.24) is 9.97 Å². The number of anilines is 2. The average molecular weight is 344 g/mol. The molecule has 0 saturated carbocycles. The number of hydrogen-bond donors (Lipinski definition) is 1. The van der Waals surface area contributed by atoms with E-state index < -0.39 is 0 Å². The van der Waals surface area contributed by atoms with Crippen molar-refractivity contribution in [2.45, 2.75) is 38.9 Å². The maximum atomic E-state index is 4.78. The Morgan fingerprint density at radius 2 is 1.69 bits per heavy atom. The van der Waals surface area contributed by atoms with Crippen molar-refractivity contribution < 1.29 is 0 Å². The van der Waals surface area contributed by atoms with Crippen LogP contribution in [0.2, 0.25) is 0 Å². The van der Waals surface area contributed by atoms with E-state index in [9.17, 15) is 0 Å². The van der Waals surface area contributed by atoms with Crippen LogP contribution in [-0.4, -0.2) is 15.5 Å². The molecule has 3 aromatic rings. The first-order chi connectivity index (χ1) is 12.6. The van der Waals surface area contributed by atoms with E-state index in [2.05, 4.69) is 65.4 Å². The minimum atomic E-state index is 0.0133. The lowest BCUT2D eigenvalue weighted by atomic mass is 9.85. The molecule has 4 rings (SSSR count). The minimum Gasteiger partial charge on any atom is -0.350 e.